The summed E-state index contributed by atoms with van der Waals surface area (Å²) in [5.74, 6) is 0. The van der Waals surface area contributed by atoms with Crippen LogP contribution in [-0.2, 0) is 4.74 Å². The monoisotopic (exact) mass is 244 g/mol. The summed E-state index contributed by atoms with van der Waals surface area (Å²) < 4.78 is 5.10. The van der Waals surface area contributed by atoms with E-state index in [2.05, 4.69) is 34.6 Å². The van der Waals surface area contributed by atoms with E-state index in [4.69, 9.17) is 4.74 Å². The molecule has 1 heterocycles. The minimum absolute atomic E-state index is 0.367. The van der Waals surface area contributed by atoms with Crippen molar-refractivity contribution in [2.24, 2.45) is 0 Å². The lowest BCUT2D eigenvalue weighted by Crippen LogP contribution is -2.16. The number of aromatic nitrogens is 1. The molecule has 3 nitrogen and oxygen atoms in total. The van der Waals surface area contributed by atoms with Crippen LogP contribution < -0.4 is 5.32 Å². The minimum atomic E-state index is 0.367. The van der Waals surface area contributed by atoms with Gasteiger partial charge in [-0.1, -0.05) is 18.2 Å². The minimum Gasteiger partial charge on any atom is -0.385 e. The Bertz CT molecular complexity index is 499. The number of methoxy groups -OCH3 is 1. The van der Waals surface area contributed by atoms with Gasteiger partial charge in [0.2, 0.25) is 0 Å². The standard InChI is InChI=1S/C15H20N2O/c1-16-14(6-4-10-18-2)13-8-7-12-5-3-9-17-15(12)11-13/h3,5,7-9,11,14,16H,4,6,10H2,1-2H3. The molecule has 1 N–H and O–H groups in total. The molecule has 0 spiro atoms. The van der Waals surface area contributed by atoms with Gasteiger partial charge in [0.05, 0.1) is 5.52 Å². The number of ether oxygens (including phenoxy) is 1. The summed E-state index contributed by atoms with van der Waals surface area (Å²) in [5, 5.41) is 4.55. The normalized spacial score (nSPS) is 12.8. The molecule has 1 aromatic carbocycles. The first-order chi connectivity index (χ1) is 8.85. The Morgan fingerprint density at radius 1 is 1.33 bits per heavy atom. The fourth-order valence-corrected chi connectivity index (χ4v) is 2.21. The number of hydrogen-bond acceptors (Lipinski definition) is 3. The molecule has 2 aromatic rings. The zero-order chi connectivity index (χ0) is 12.8. The van der Waals surface area contributed by atoms with Crippen LogP contribution >= 0.6 is 0 Å². The molecule has 1 aromatic heterocycles. The quantitative estimate of drug-likeness (QED) is 0.793. The van der Waals surface area contributed by atoms with Gasteiger partial charge in [0.25, 0.3) is 0 Å². The van der Waals surface area contributed by atoms with Crippen molar-refractivity contribution >= 4 is 10.9 Å². The summed E-state index contributed by atoms with van der Waals surface area (Å²) in [6.45, 7) is 0.810. The molecule has 0 amide bonds. The lowest BCUT2D eigenvalue weighted by Gasteiger charge is -2.16. The Hall–Kier alpha value is -1.45. The van der Waals surface area contributed by atoms with Crippen molar-refractivity contribution in [2.45, 2.75) is 18.9 Å². The van der Waals surface area contributed by atoms with Crippen LogP contribution in [0.15, 0.2) is 36.5 Å². The van der Waals surface area contributed by atoms with Crippen LogP contribution in [0.2, 0.25) is 0 Å². The fraction of sp³-hybridized carbons (Fsp3) is 0.400. The van der Waals surface area contributed by atoms with Gasteiger partial charge in [-0.15, -0.1) is 0 Å². The number of fused-ring (bicyclic) bond motifs is 1. The highest BCUT2D eigenvalue weighted by atomic mass is 16.5. The van der Waals surface area contributed by atoms with E-state index in [0.717, 1.165) is 25.0 Å². The van der Waals surface area contributed by atoms with Gasteiger partial charge in [0, 0.05) is 31.3 Å². The summed E-state index contributed by atoms with van der Waals surface area (Å²) >= 11 is 0. The molecule has 0 fully saturated rings. The second kappa shape index (κ2) is 6.47. The second-order valence-electron chi connectivity index (χ2n) is 4.43. The molecule has 0 saturated carbocycles. The SMILES string of the molecule is CNC(CCCOC)c1ccc2cccnc2c1. The van der Waals surface area contributed by atoms with Crippen LogP contribution in [-0.4, -0.2) is 25.7 Å². The summed E-state index contributed by atoms with van der Waals surface area (Å²) in [6, 6.07) is 10.9. The zero-order valence-corrected chi connectivity index (χ0v) is 11.0. The Morgan fingerprint density at radius 2 is 2.22 bits per heavy atom. The average Bonchev–Trinajstić information content (AvgIpc) is 2.43. The van der Waals surface area contributed by atoms with Crippen LogP contribution in [0.25, 0.3) is 10.9 Å². The largest absolute Gasteiger partial charge is 0.385 e. The topological polar surface area (TPSA) is 34.1 Å². The van der Waals surface area contributed by atoms with Gasteiger partial charge in [0.15, 0.2) is 0 Å². The van der Waals surface area contributed by atoms with Crippen LogP contribution in [0.5, 0.6) is 0 Å². The van der Waals surface area contributed by atoms with E-state index in [1.807, 2.05) is 19.3 Å². The zero-order valence-electron chi connectivity index (χ0n) is 11.0. The van der Waals surface area contributed by atoms with Crippen LogP contribution in [0.3, 0.4) is 0 Å². The maximum Gasteiger partial charge on any atom is 0.0705 e. The van der Waals surface area contributed by atoms with Gasteiger partial charge in [-0.3, -0.25) is 4.98 Å². The molecule has 1 unspecified atom stereocenters. The van der Waals surface area contributed by atoms with E-state index in [0.29, 0.717) is 6.04 Å². The maximum absolute atomic E-state index is 5.10. The first kappa shape index (κ1) is 13.0. The molecule has 96 valence electrons. The van der Waals surface area contributed by atoms with Crippen molar-refractivity contribution in [1.29, 1.82) is 0 Å². The molecule has 0 bridgehead atoms. The highest BCUT2D eigenvalue weighted by molar-refractivity contribution is 5.78. The fourth-order valence-electron chi connectivity index (χ4n) is 2.21. The summed E-state index contributed by atoms with van der Waals surface area (Å²) in [5.41, 5.74) is 2.35. The Kier molecular flexibility index (Phi) is 4.67. The second-order valence-corrected chi connectivity index (χ2v) is 4.43. The number of hydrogen-bond donors (Lipinski definition) is 1. The number of pyridine rings is 1. The van der Waals surface area contributed by atoms with Crippen molar-refractivity contribution in [3.63, 3.8) is 0 Å². The van der Waals surface area contributed by atoms with Crippen molar-refractivity contribution in [3.8, 4) is 0 Å². The van der Waals surface area contributed by atoms with E-state index >= 15 is 0 Å². The Balaban J connectivity index is 2.17. The average molecular weight is 244 g/mol. The number of nitrogens with one attached hydrogen (secondary N) is 1. The van der Waals surface area contributed by atoms with E-state index in [-0.39, 0.29) is 0 Å². The first-order valence-electron chi connectivity index (χ1n) is 6.36. The van der Waals surface area contributed by atoms with Crippen molar-refractivity contribution in [3.05, 3.63) is 42.1 Å². The highest BCUT2D eigenvalue weighted by Crippen LogP contribution is 2.22. The molecule has 0 radical (unpaired) electrons. The van der Waals surface area contributed by atoms with Gasteiger partial charge in [-0.05, 0) is 37.6 Å². The maximum atomic E-state index is 5.10. The summed E-state index contributed by atoms with van der Waals surface area (Å²) in [7, 11) is 3.74. The third-order valence-electron chi connectivity index (χ3n) is 3.22. The molecule has 3 heteroatoms. The Labute approximate surface area is 108 Å². The van der Waals surface area contributed by atoms with Crippen LogP contribution in [0, 0.1) is 0 Å². The van der Waals surface area contributed by atoms with E-state index in [1.54, 1.807) is 7.11 Å². The van der Waals surface area contributed by atoms with Gasteiger partial charge in [-0.25, -0.2) is 0 Å². The van der Waals surface area contributed by atoms with E-state index in [9.17, 15) is 0 Å². The number of benzene rings is 1. The predicted octanol–water partition coefficient (Wildman–Crippen LogP) is 2.92. The molecule has 1 atom stereocenters. The smallest absolute Gasteiger partial charge is 0.0705 e. The molecule has 18 heavy (non-hydrogen) atoms. The molecule has 0 aliphatic carbocycles. The number of rotatable bonds is 6. The van der Waals surface area contributed by atoms with Crippen molar-refractivity contribution in [2.75, 3.05) is 20.8 Å². The first-order valence-corrected chi connectivity index (χ1v) is 6.36. The highest BCUT2D eigenvalue weighted by Gasteiger charge is 2.09. The third-order valence-corrected chi connectivity index (χ3v) is 3.22. The van der Waals surface area contributed by atoms with Gasteiger partial charge in [-0.2, -0.15) is 0 Å². The summed E-state index contributed by atoms with van der Waals surface area (Å²) in [4.78, 5) is 4.40. The van der Waals surface area contributed by atoms with Gasteiger partial charge >= 0.3 is 0 Å². The van der Waals surface area contributed by atoms with E-state index < -0.39 is 0 Å². The van der Waals surface area contributed by atoms with Gasteiger partial charge in [0.1, 0.15) is 0 Å². The van der Waals surface area contributed by atoms with Gasteiger partial charge < -0.3 is 10.1 Å². The molecule has 0 aliphatic heterocycles. The van der Waals surface area contributed by atoms with Crippen LogP contribution in [0.1, 0.15) is 24.4 Å². The third kappa shape index (κ3) is 3.06. The van der Waals surface area contributed by atoms with Crippen LogP contribution in [0.4, 0.5) is 0 Å². The molecule has 2 rings (SSSR count). The molecule has 0 saturated heterocycles. The van der Waals surface area contributed by atoms with Crippen molar-refractivity contribution in [1.82, 2.24) is 10.3 Å². The Morgan fingerprint density at radius 3 is 3.00 bits per heavy atom. The predicted molar refractivity (Wildman–Crippen MR) is 74.7 cm³/mol. The molecular weight excluding hydrogens is 224 g/mol. The molecule has 0 aliphatic rings. The van der Waals surface area contributed by atoms with Crippen molar-refractivity contribution < 1.29 is 4.74 Å². The lowest BCUT2D eigenvalue weighted by atomic mass is 10.0. The van der Waals surface area contributed by atoms with E-state index in [1.165, 1.54) is 10.9 Å². The lowest BCUT2D eigenvalue weighted by molar-refractivity contribution is 0.189. The summed E-state index contributed by atoms with van der Waals surface area (Å²) in [6.07, 6.45) is 3.97. The number of nitrogens with zero attached hydrogens (tertiary/aromatic N) is 1. The molecular formula is C15H20N2O.